The highest BCUT2D eigenvalue weighted by Crippen LogP contribution is 2.48. The van der Waals surface area contributed by atoms with Crippen molar-refractivity contribution < 1.29 is 13.9 Å². The second-order valence-electron chi connectivity index (χ2n) is 7.58. The van der Waals surface area contributed by atoms with Crippen molar-refractivity contribution in [3.63, 3.8) is 0 Å². The van der Waals surface area contributed by atoms with Gasteiger partial charge >= 0.3 is 6.03 Å². The van der Waals surface area contributed by atoms with Crippen LogP contribution >= 0.6 is 11.6 Å². The van der Waals surface area contributed by atoms with Crippen LogP contribution in [0.25, 0.3) is 11.0 Å². The van der Waals surface area contributed by atoms with Gasteiger partial charge in [0.2, 0.25) is 0 Å². The molecule has 0 radical (unpaired) electrons. The number of furan rings is 1. The molecule has 1 saturated heterocycles. The lowest BCUT2D eigenvalue weighted by Gasteiger charge is -2.42. The number of hydrogen-bond acceptors (Lipinski definition) is 4. The van der Waals surface area contributed by atoms with E-state index in [4.69, 9.17) is 20.8 Å². The van der Waals surface area contributed by atoms with Gasteiger partial charge in [0, 0.05) is 10.9 Å². The molecule has 1 saturated carbocycles. The molecule has 1 aromatic heterocycles. The van der Waals surface area contributed by atoms with Crippen molar-refractivity contribution >= 4 is 34.3 Å². The van der Waals surface area contributed by atoms with Gasteiger partial charge in [-0.1, -0.05) is 30.9 Å². The van der Waals surface area contributed by atoms with Gasteiger partial charge in [0.1, 0.15) is 11.3 Å². The third-order valence-electron chi connectivity index (χ3n) is 5.79. The van der Waals surface area contributed by atoms with Crippen molar-refractivity contribution in [2.45, 2.75) is 50.2 Å². The monoisotopic (exact) mass is 375 g/mol. The average molecular weight is 376 g/mol. The predicted octanol–water partition coefficient (Wildman–Crippen LogP) is 3.87. The van der Waals surface area contributed by atoms with Gasteiger partial charge in [-0.3, -0.25) is 0 Å². The molecule has 6 nitrogen and oxygen atoms in total. The van der Waals surface area contributed by atoms with Crippen LogP contribution in [0.15, 0.2) is 16.5 Å². The molecular formula is C19H22ClN3O3. The van der Waals surface area contributed by atoms with Crippen LogP contribution in [0.1, 0.15) is 43.4 Å². The fourth-order valence-corrected chi connectivity index (χ4v) is 4.68. The van der Waals surface area contributed by atoms with E-state index in [9.17, 15) is 4.79 Å². The highest BCUT2D eigenvalue weighted by molar-refractivity contribution is 6.35. The standard InChI is InChI=1S/C19H22ClN3O3/c20-14-7-11-6-13(8-21-12-9-25-10-12)26-17(11)15-16(14)22-18(24)23-19(15)4-2-1-3-5-19/h6-7,12,21H,1-5,8-10H2,(H2,22,23,24). The molecule has 3 heterocycles. The third kappa shape index (κ3) is 2.59. The topological polar surface area (TPSA) is 75.5 Å². The molecule has 0 unspecified atom stereocenters. The highest BCUT2D eigenvalue weighted by Gasteiger charge is 2.43. The number of benzene rings is 1. The van der Waals surface area contributed by atoms with E-state index in [0.717, 1.165) is 61.2 Å². The summed E-state index contributed by atoms with van der Waals surface area (Å²) in [5.74, 6) is 0.874. The number of amides is 2. The molecule has 1 spiro atoms. The van der Waals surface area contributed by atoms with Crippen molar-refractivity contribution in [3.8, 4) is 0 Å². The molecule has 2 aromatic rings. The van der Waals surface area contributed by atoms with E-state index in [0.29, 0.717) is 23.3 Å². The summed E-state index contributed by atoms with van der Waals surface area (Å²) in [7, 11) is 0. The Kier molecular flexibility index (Phi) is 3.88. The van der Waals surface area contributed by atoms with Gasteiger partial charge in [0.25, 0.3) is 0 Å². The quantitative estimate of drug-likeness (QED) is 0.761. The van der Waals surface area contributed by atoms with Gasteiger partial charge in [-0.05, 0) is 25.0 Å². The van der Waals surface area contributed by atoms with Crippen molar-refractivity contribution in [1.82, 2.24) is 10.6 Å². The van der Waals surface area contributed by atoms with Gasteiger partial charge in [0.15, 0.2) is 0 Å². The third-order valence-corrected chi connectivity index (χ3v) is 6.09. The summed E-state index contributed by atoms with van der Waals surface area (Å²) < 4.78 is 11.4. The first-order valence-electron chi connectivity index (χ1n) is 9.30. The molecule has 138 valence electrons. The molecular weight excluding hydrogens is 354 g/mol. The molecule has 3 N–H and O–H groups in total. The van der Waals surface area contributed by atoms with E-state index in [1.165, 1.54) is 6.42 Å². The van der Waals surface area contributed by atoms with Crippen molar-refractivity contribution in [2.75, 3.05) is 18.5 Å². The maximum absolute atomic E-state index is 12.3. The minimum atomic E-state index is -0.385. The fraction of sp³-hybridized carbons (Fsp3) is 0.526. The number of ether oxygens (including phenoxy) is 1. The SMILES string of the molecule is O=C1Nc2c(Cl)cc3cc(CNC4COC4)oc3c2C2(CCCCC2)N1. The van der Waals surface area contributed by atoms with Gasteiger partial charge in [-0.2, -0.15) is 0 Å². The molecule has 0 bridgehead atoms. The molecule has 5 rings (SSSR count). The molecule has 26 heavy (non-hydrogen) atoms. The Morgan fingerprint density at radius 3 is 2.77 bits per heavy atom. The number of urea groups is 1. The van der Waals surface area contributed by atoms with E-state index in [1.807, 2.05) is 12.1 Å². The molecule has 1 aliphatic carbocycles. The van der Waals surface area contributed by atoms with Crippen molar-refractivity contribution in [1.29, 1.82) is 0 Å². The van der Waals surface area contributed by atoms with Crippen LogP contribution in [-0.4, -0.2) is 25.3 Å². The smallest absolute Gasteiger partial charge is 0.319 e. The van der Waals surface area contributed by atoms with Crippen LogP contribution in [0.2, 0.25) is 5.02 Å². The summed E-state index contributed by atoms with van der Waals surface area (Å²) in [6.45, 7) is 2.16. The maximum atomic E-state index is 12.3. The number of hydrogen-bond donors (Lipinski definition) is 3. The van der Waals surface area contributed by atoms with Gasteiger partial charge in [0.05, 0.1) is 42.0 Å². The van der Waals surface area contributed by atoms with E-state index >= 15 is 0 Å². The van der Waals surface area contributed by atoms with Crippen molar-refractivity contribution in [3.05, 3.63) is 28.5 Å². The minimum Gasteiger partial charge on any atom is -0.459 e. The second kappa shape index (κ2) is 6.15. The predicted molar refractivity (Wildman–Crippen MR) is 99.6 cm³/mol. The summed E-state index contributed by atoms with van der Waals surface area (Å²) in [5.41, 5.74) is 2.16. The van der Waals surface area contributed by atoms with Crippen LogP contribution in [0.5, 0.6) is 0 Å². The van der Waals surface area contributed by atoms with E-state index in [1.54, 1.807) is 0 Å². The Labute approximate surface area is 156 Å². The number of carbonyl (C=O) groups excluding carboxylic acids is 1. The summed E-state index contributed by atoms with van der Waals surface area (Å²) in [5, 5.41) is 11.1. The van der Waals surface area contributed by atoms with Crippen LogP contribution in [-0.2, 0) is 16.8 Å². The molecule has 1 aromatic carbocycles. The van der Waals surface area contributed by atoms with Gasteiger partial charge in [-0.25, -0.2) is 4.79 Å². The number of rotatable bonds is 3. The van der Waals surface area contributed by atoms with Crippen molar-refractivity contribution in [2.24, 2.45) is 0 Å². The molecule has 2 fully saturated rings. The van der Waals surface area contributed by atoms with E-state index in [2.05, 4.69) is 16.0 Å². The zero-order valence-electron chi connectivity index (χ0n) is 14.5. The number of anilines is 1. The maximum Gasteiger partial charge on any atom is 0.319 e. The minimum absolute atomic E-state index is 0.181. The van der Waals surface area contributed by atoms with Crippen LogP contribution in [0.3, 0.4) is 0 Å². The van der Waals surface area contributed by atoms with E-state index in [-0.39, 0.29) is 11.6 Å². The Morgan fingerprint density at radius 1 is 1.23 bits per heavy atom. The lowest BCUT2D eigenvalue weighted by atomic mass is 9.74. The number of carbonyl (C=O) groups is 1. The summed E-state index contributed by atoms with van der Waals surface area (Å²) in [6, 6.07) is 4.14. The molecule has 7 heteroatoms. The molecule has 2 amide bonds. The Balaban J connectivity index is 1.60. The zero-order chi connectivity index (χ0) is 17.7. The first kappa shape index (κ1) is 16.4. The Bertz CT molecular complexity index is 869. The summed E-state index contributed by atoms with van der Waals surface area (Å²) in [4.78, 5) is 12.3. The fourth-order valence-electron chi connectivity index (χ4n) is 4.42. The highest BCUT2D eigenvalue weighted by atomic mass is 35.5. The lowest BCUT2D eigenvalue weighted by Crippen LogP contribution is -2.52. The number of fused-ring (bicyclic) bond motifs is 4. The Hall–Kier alpha value is -1.76. The summed E-state index contributed by atoms with van der Waals surface area (Å²) in [6.07, 6.45) is 5.20. The largest absolute Gasteiger partial charge is 0.459 e. The average Bonchev–Trinajstić information content (AvgIpc) is 2.96. The van der Waals surface area contributed by atoms with Crippen LogP contribution in [0.4, 0.5) is 10.5 Å². The summed E-state index contributed by atoms with van der Waals surface area (Å²) >= 11 is 6.54. The Morgan fingerprint density at radius 2 is 2.04 bits per heavy atom. The molecule has 3 aliphatic rings. The number of halogens is 1. The van der Waals surface area contributed by atoms with Crippen LogP contribution < -0.4 is 16.0 Å². The number of nitrogens with one attached hydrogen (secondary N) is 3. The molecule has 0 atom stereocenters. The van der Waals surface area contributed by atoms with Gasteiger partial charge in [-0.15, -0.1) is 0 Å². The molecule has 2 aliphatic heterocycles. The lowest BCUT2D eigenvalue weighted by molar-refractivity contribution is -0.00637. The zero-order valence-corrected chi connectivity index (χ0v) is 15.2. The first-order valence-corrected chi connectivity index (χ1v) is 9.68. The first-order chi connectivity index (χ1) is 12.6. The normalized spacial score (nSPS) is 22.0. The van der Waals surface area contributed by atoms with E-state index < -0.39 is 0 Å². The van der Waals surface area contributed by atoms with Gasteiger partial charge < -0.3 is 25.1 Å². The van der Waals surface area contributed by atoms with Crippen LogP contribution in [0, 0.1) is 0 Å². The second-order valence-corrected chi connectivity index (χ2v) is 7.98.